The van der Waals surface area contributed by atoms with Gasteiger partial charge in [0.2, 0.25) is 0 Å². The highest BCUT2D eigenvalue weighted by molar-refractivity contribution is 6.15. The molecule has 4 nitrogen and oxygen atoms in total. The lowest BCUT2D eigenvalue weighted by atomic mass is 9.69. The molecule has 4 heteroatoms. The van der Waals surface area contributed by atoms with Gasteiger partial charge in [-0.25, -0.2) is 9.97 Å². The fraction of sp³-hybridized carbons (Fsp3) is 0.0526. The van der Waals surface area contributed by atoms with Crippen LogP contribution >= 0.6 is 0 Å². The molecule has 0 amide bonds. The van der Waals surface area contributed by atoms with Gasteiger partial charge in [-0.1, -0.05) is 262 Å². The van der Waals surface area contributed by atoms with Gasteiger partial charge in [-0.05, 0) is 233 Å². The maximum atomic E-state index is 5.31. The average molecular weight is 1260 g/mol. The van der Waals surface area contributed by atoms with Crippen molar-refractivity contribution in [3.63, 3.8) is 0 Å². The van der Waals surface area contributed by atoms with Crippen LogP contribution in [0.1, 0.15) is 63.1 Å². The Morgan fingerprint density at radius 1 is 0.283 bits per heavy atom. The van der Waals surface area contributed by atoms with E-state index in [9.17, 15) is 0 Å². The number of hydrogen-bond donors (Lipinski definition) is 0. The molecule has 16 aromatic carbocycles. The van der Waals surface area contributed by atoms with Gasteiger partial charge in [0.15, 0.2) is 0 Å². The third kappa shape index (κ3) is 7.16. The highest BCUT2D eigenvalue weighted by Crippen LogP contribution is 2.67. The normalized spacial score (nSPS) is 13.8. The minimum atomic E-state index is -0.531. The van der Waals surface area contributed by atoms with Crippen LogP contribution in [0.3, 0.4) is 0 Å². The number of rotatable bonds is 6. The quantitative estimate of drug-likeness (QED) is 0.166. The molecule has 0 saturated carbocycles. The fourth-order valence-corrected chi connectivity index (χ4v) is 19.1. The van der Waals surface area contributed by atoms with E-state index in [2.05, 4.69) is 338 Å². The number of aromatic nitrogens is 4. The number of para-hydroxylation sites is 2. The molecule has 0 bridgehead atoms. The van der Waals surface area contributed by atoms with E-state index in [1.807, 2.05) is 0 Å². The zero-order chi connectivity index (χ0) is 65.0. The molecule has 22 rings (SSSR count). The molecule has 4 aliphatic rings. The third-order valence-electron chi connectivity index (χ3n) is 23.0. The van der Waals surface area contributed by atoms with Crippen LogP contribution in [-0.4, -0.2) is 19.1 Å². The van der Waals surface area contributed by atoms with E-state index >= 15 is 0 Å². The van der Waals surface area contributed by atoms with E-state index in [1.165, 1.54) is 160 Å². The van der Waals surface area contributed by atoms with E-state index in [1.54, 1.807) is 0 Å². The summed E-state index contributed by atoms with van der Waals surface area (Å²) in [6, 6.07) is 119. The van der Waals surface area contributed by atoms with E-state index in [4.69, 9.17) is 9.97 Å². The molecule has 2 spiro atoms. The average Bonchev–Trinajstić information content (AvgIpc) is 1.51. The minimum absolute atomic E-state index is 0.447. The van der Waals surface area contributed by atoms with Gasteiger partial charge in [0.05, 0.1) is 32.9 Å². The van der Waals surface area contributed by atoms with Crippen LogP contribution in [0.5, 0.6) is 0 Å². The number of fused-ring (bicyclic) bond motifs is 30. The number of imidazole rings is 2. The molecule has 2 aromatic heterocycles. The summed E-state index contributed by atoms with van der Waals surface area (Å²) in [7, 11) is 0. The van der Waals surface area contributed by atoms with Crippen molar-refractivity contribution in [1.29, 1.82) is 0 Å². The minimum Gasteiger partial charge on any atom is -0.297 e. The summed E-state index contributed by atoms with van der Waals surface area (Å²) in [5.41, 5.74) is 33.9. The van der Waals surface area contributed by atoms with Gasteiger partial charge in [0.1, 0.15) is 11.6 Å². The highest BCUT2D eigenvalue weighted by atomic mass is 15.1. The van der Waals surface area contributed by atoms with Gasteiger partial charge in [-0.15, -0.1) is 0 Å². The standard InChI is InChI=1S/C95H60N4/c1-3-89-97-85-29-14-15-30-87(85)99(89)66-43-33-58(34-44-66)61-36-46-70-63(54-61)38-48-78-91-76-24-16-23-67(71(76)49-51-84(91)95(93(70)78)81-27-12-8-21-74(81)75-22-9-13-28-82(75)95)64-40-52-88-86(55-64)96-56(2)98(88)65-41-31-57(32-42-65)60-35-45-69-62(53-60)37-47-77-90-68-18-5-4-17-59(68)39-50-83(90)94(92(69)77)79-25-10-6-19-72(79)73-20-7-11-26-80(73)94/h4-55H,3H2,1-2H3. The van der Waals surface area contributed by atoms with Crippen LogP contribution in [0.15, 0.2) is 315 Å². The molecule has 0 radical (unpaired) electrons. The van der Waals surface area contributed by atoms with Crippen molar-refractivity contribution in [2.45, 2.75) is 31.1 Å². The van der Waals surface area contributed by atoms with Crippen molar-refractivity contribution in [2.75, 3.05) is 0 Å². The Hall–Kier alpha value is -12.5. The largest absolute Gasteiger partial charge is 0.297 e. The van der Waals surface area contributed by atoms with E-state index in [-0.39, 0.29) is 0 Å². The monoisotopic (exact) mass is 1260 g/mol. The highest BCUT2D eigenvalue weighted by Gasteiger charge is 2.54. The summed E-state index contributed by atoms with van der Waals surface area (Å²) >= 11 is 0. The topological polar surface area (TPSA) is 35.6 Å². The van der Waals surface area contributed by atoms with Gasteiger partial charge in [0.25, 0.3) is 0 Å². The van der Waals surface area contributed by atoms with E-state index < -0.39 is 10.8 Å². The third-order valence-corrected chi connectivity index (χ3v) is 23.0. The smallest absolute Gasteiger partial charge is 0.114 e. The number of benzene rings is 16. The maximum Gasteiger partial charge on any atom is 0.114 e. The number of nitrogens with zero attached hydrogens (tertiary/aromatic N) is 4. The van der Waals surface area contributed by atoms with Gasteiger partial charge >= 0.3 is 0 Å². The van der Waals surface area contributed by atoms with Crippen LogP contribution in [0.2, 0.25) is 0 Å². The van der Waals surface area contributed by atoms with Crippen molar-refractivity contribution in [3.8, 4) is 89.3 Å². The second-order valence-corrected chi connectivity index (χ2v) is 27.6. The summed E-state index contributed by atoms with van der Waals surface area (Å²) in [6.07, 6.45) is 0.852. The van der Waals surface area contributed by atoms with Crippen LogP contribution in [-0.2, 0) is 17.3 Å². The van der Waals surface area contributed by atoms with Gasteiger partial charge < -0.3 is 0 Å². The fourth-order valence-electron chi connectivity index (χ4n) is 19.1. The predicted octanol–water partition coefficient (Wildman–Crippen LogP) is 23.5. The Bertz CT molecular complexity index is 6500. The summed E-state index contributed by atoms with van der Waals surface area (Å²) in [4.78, 5) is 10.3. The van der Waals surface area contributed by atoms with Crippen molar-refractivity contribution in [3.05, 3.63) is 372 Å². The first-order valence-electron chi connectivity index (χ1n) is 34.8. The lowest BCUT2D eigenvalue weighted by Crippen LogP contribution is -2.26. The molecule has 99 heavy (non-hydrogen) atoms. The molecular weight excluding hydrogens is 1200 g/mol. The molecule has 4 aliphatic carbocycles. The zero-order valence-corrected chi connectivity index (χ0v) is 54.5. The Kier molecular flexibility index (Phi) is 11.1. The van der Waals surface area contributed by atoms with Crippen molar-refractivity contribution in [1.82, 2.24) is 19.1 Å². The predicted molar refractivity (Wildman–Crippen MR) is 409 cm³/mol. The Morgan fingerprint density at radius 3 is 1.33 bits per heavy atom. The molecule has 0 fully saturated rings. The lowest BCUT2D eigenvalue weighted by Gasteiger charge is -2.31. The first-order valence-corrected chi connectivity index (χ1v) is 34.8. The van der Waals surface area contributed by atoms with Gasteiger partial charge in [-0.2, -0.15) is 0 Å². The maximum absolute atomic E-state index is 5.31. The van der Waals surface area contributed by atoms with E-state index in [0.717, 1.165) is 57.1 Å². The van der Waals surface area contributed by atoms with Crippen LogP contribution < -0.4 is 0 Å². The van der Waals surface area contributed by atoms with Crippen LogP contribution in [0.4, 0.5) is 0 Å². The summed E-state index contributed by atoms with van der Waals surface area (Å²) in [5, 5.41) is 10.1. The van der Waals surface area contributed by atoms with Crippen LogP contribution in [0, 0.1) is 6.92 Å². The zero-order valence-electron chi connectivity index (χ0n) is 54.5. The second kappa shape index (κ2) is 20.0. The number of hydrogen-bond acceptors (Lipinski definition) is 2. The summed E-state index contributed by atoms with van der Waals surface area (Å²) < 4.78 is 4.61. The molecule has 0 aliphatic heterocycles. The Morgan fingerprint density at radius 2 is 0.737 bits per heavy atom. The Balaban J connectivity index is 0.626. The first kappa shape index (κ1) is 54.7. The van der Waals surface area contributed by atoms with Crippen LogP contribution in [0.25, 0.3) is 154 Å². The molecule has 18 aromatic rings. The van der Waals surface area contributed by atoms with Crippen molar-refractivity contribution < 1.29 is 0 Å². The van der Waals surface area contributed by atoms with E-state index in [0.29, 0.717) is 0 Å². The molecule has 0 saturated heterocycles. The van der Waals surface area contributed by atoms with Crippen molar-refractivity contribution in [2.24, 2.45) is 0 Å². The summed E-state index contributed by atoms with van der Waals surface area (Å²) in [6.45, 7) is 4.31. The van der Waals surface area contributed by atoms with Gasteiger partial charge in [0, 0.05) is 17.8 Å². The lowest BCUT2D eigenvalue weighted by molar-refractivity contribution is 0.802. The van der Waals surface area contributed by atoms with Gasteiger partial charge in [-0.3, -0.25) is 9.13 Å². The first-order chi connectivity index (χ1) is 48.9. The molecule has 0 N–H and O–H groups in total. The van der Waals surface area contributed by atoms with Crippen molar-refractivity contribution >= 4 is 65.2 Å². The molecular formula is C95H60N4. The number of aryl methyl sites for hydroxylation is 2. The molecule has 0 unspecified atom stereocenters. The SMILES string of the molecule is CCc1nc2ccccc2n1-c1ccc(-c2ccc3c4c(ccc3c2)-c2c(ccc3c(-c5ccc6c(c5)nc(C)n6-c5ccc(-c6ccc7c8c(ccc7c6)-c6c(ccc7ccccc67)C86c7ccccc7-c7ccccc76)cc5)cccc23)C42c3ccccc3-c3ccccc32)cc1. The Labute approximate surface area is 572 Å². The molecule has 460 valence electrons. The summed E-state index contributed by atoms with van der Waals surface area (Å²) in [5.74, 6) is 2.01. The molecule has 2 heterocycles. The molecule has 0 atom stereocenters. The second-order valence-electron chi connectivity index (χ2n) is 27.6.